The Kier molecular flexibility index (Phi) is 4.51. The van der Waals surface area contributed by atoms with Gasteiger partial charge in [-0.25, -0.2) is 0 Å². The number of carboxylic acid groups (broad SMARTS) is 1. The highest BCUT2D eigenvalue weighted by molar-refractivity contribution is 7.85. The summed E-state index contributed by atoms with van der Waals surface area (Å²) >= 11 is 0. The third-order valence-corrected chi connectivity index (χ3v) is 7.78. The predicted octanol–water partition coefficient (Wildman–Crippen LogP) is 4.15. The van der Waals surface area contributed by atoms with Crippen LogP contribution in [-0.4, -0.2) is 24.0 Å². The van der Waals surface area contributed by atoms with Gasteiger partial charge >= 0.3 is 5.97 Å². The Labute approximate surface area is 155 Å². The average molecular weight is 381 g/mol. The van der Waals surface area contributed by atoms with E-state index >= 15 is 0 Å². The molecule has 1 fully saturated rings. The lowest BCUT2D eigenvalue weighted by molar-refractivity contribution is -0.157. The summed E-state index contributed by atoms with van der Waals surface area (Å²) < 4.78 is 33.8. The molecule has 0 heterocycles. The summed E-state index contributed by atoms with van der Waals surface area (Å²) in [5.41, 5.74) is 1.42. The summed E-state index contributed by atoms with van der Waals surface area (Å²) in [4.78, 5) is 12.0. The molecule has 0 spiro atoms. The van der Waals surface area contributed by atoms with Crippen molar-refractivity contribution in [3.63, 3.8) is 0 Å². The molecule has 2 aliphatic carbocycles. The monoisotopic (exact) mass is 380 g/mol. The smallest absolute Gasteiger partial charge is 0.309 e. The summed E-state index contributed by atoms with van der Waals surface area (Å²) in [5, 5.41) is 9.86. The van der Waals surface area contributed by atoms with Crippen LogP contribution < -0.4 is 0 Å². The maximum absolute atomic E-state index is 12.0. The van der Waals surface area contributed by atoms with Gasteiger partial charge in [-0.15, -0.1) is 0 Å². The summed E-state index contributed by atoms with van der Waals surface area (Å²) in [6, 6.07) is 3.54. The van der Waals surface area contributed by atoms with Crippen molar-refractivity contribution in [3.8, 4) is 0 Å². The number of carboxylic acids is 1. The SMILES string of the molecule is CC(C)c1cc2c(cc1S(=O)(=O)O)[C@]1(C)CCC[C@](C)(C(=O)O)[C@H]1CC2. The summed E-state index contributed by atoms with van der Waals surface area (Å²) in [6.07, 6.45) is 3.80. The molecule has 0 bridgehead atoms. The Morgan fingerprint density at radius 3 is 2.42 bits per heavy atom. The Hall–Kier alpha value is -1.40. The molecule has 2 aliphatic rings. The van der Waals surface area contributed by atoms with Crippen LogP contribution in [0.5, 0.6) is 0 Å². The van der Waals surface area contributed by atoms with Gasteiger partial charge < -0.3 is 5.11 Å². The van der Waals surface area contributed by atoms with Crippen LogP contribution >= 0.6 is 0 Å². The second-order valence-electron chi connectivity index (χ2n) is 8.76. The highest BCUT2D eigenvalue weighted by Gasteiger charge is 2.55. The number of benzene rings is 1. The van der Waals surface area contributed by atoms with E-state index in [1.807, 2.05) is 26.8 Å². The molecular weight excluding hydrogens is 352 g/mol. The van der Waals surface area contributed by atoms with Crippen molar-refractivity contribution in [1.82, 2.24) is 0 Å². The van der Waals surface area contributed by atoms with Gasteiger partial charge in [0.25, 0.3) is 10.1 Å². The van der Waals surface area contributed by atoms with Gasteiger partial charge in [-0.3, -0.25) is 9.35 Å². The van der Waals surface area contributed by atoms with Crippen LogP contribution in [0.3, 0.4) is 0 Å². The van der Waals surface area contributed by atoms with E-state index in [1.54, 1.807) is 6.07 Å². The van der Waals surface area contributed by atoms with Crippen molar-refractivity contribution in [1.29, 1.82) is 0 Å². The standard InChI is InChI=1S/C20H28O5S/c1-12(2)14-10-13-6-7-17-19(3,8-5-9-20(17,4)18(21)22)15(13)11-16(14)26(23,24)25/h10-12,17H,5-9H2,1-4H3,(H,21,22)(H,23,24,25)/t17-,19-,20-/m0/s1. The fraction of sp³-hybridized carbons (Fsp3) is 0.650. The van der Waals surface area contributed by atoms with Gasteiger partial charge in [0.05, 0.1) is 10.3 Å². The molecule has 3 rings (SSSR count). The number of aryl methyl sites for hydroxylation is 1. The van der Waals surface area contributed by atoms with Gasteiger partial charge in [0.2, 0.25) is 0 Å². The number of aliphatic carboxylic acids is 1. The molecule has 1 aromatic carbocycles. The van der Waals surface area contributed by atoms with E-state index in [0.717, 1.165) is 36.8 Å². The Bertz CT molecular complexity index is 857. The van der Waals surface area contributed by atoms with Crippen molar-refractivity contribution in [2.45, 2.75) is 76.0 Å². The molecule has 1 saturated carbocycles. The first-order valence-corrected chi connectivity index (χ1v) is 10.7. The number of hydrogen-bond donors (Lipinski definition) is 2. The first-order valence-electron chi connectivity index (χ1n) is 9.29. The van der Waals surface area contributed by atoms with E-state index in [2.05, 4.69) is 6.92 Å². The number of hydrogen-bond acceptors (Lipinski definition) is 3. The molecule has 1 aromatic rings. The van der Waals surface area contributed by atoms with Crippen molar-refractivity contribution in [2.75, 3.05) is 0 Å². The Morgan fingerprint density at radius 2 is 1.88 bits per heavy atom. The van der Waals surface area contributed by atoms with E-state index in [-0.39, 0.29) is 16.7 Å². The van der Waals surface area contributed by atoms with Gasteiger partial charge in [-0.05, 0) is 72.6 Å². The fourth-order valence-electron chi connectivity index (χ4n) is 5.45. The first kappa shape index (κ1) is 19.4. The normalized spacial score (nSPS) is 31.4. The van der Waals surface area contributed by atoms with Gasteiger partial charge in [-0.1, -0.05) is 33.3 Å². The third-order valence-electron chi connectivity index (χ3n) is 6.87. The lowest BCUT2D eigenvalue weighted by atomic mass is 9.50. The summed E-state index contributed by atoms with van der Waals surface area (Å²) in [7, 11) is -4.34. The minimum Gasteiger partial charge on any atom is -0.481 e. The fourth-order valence-corrected chi connectivity index (χ4v) is 6.31. The molecule has 0 amide bonds. The van der Waals surface area contributed by atoms with Crippen LogP contribution in [-0.2, 0) is 26.7 Å². The Balaban J connectivity index is 2.24. The van der Waals surface area contributed by atoms with Crippen LogP contribution in [0, 0.1) is 11.3 Å². The average Bonchev–Trinajstić information content (AvgIpc) is 2.52. The van der Waals surface area contributed by atoms with Crippen molar-refractivity contribution >= 4 is 16.1 Å². The van der Waals surface area contributed by atoms with Gasteiger partial charge in [0, 0.05) is 0 Å². The van der Waals surface area contributed by atoms with Crippen LogP contribution in [0.1, 0.15) is 76.0 Å². The van der Waals surface area contributed by atoms with E-state index in [4.69, 9.17) is 0 Å². The zero-order valence-electron chi connectivity index (χ0n) is 15.9. The summed E-state index contributed by atoms with van der Waals surface area (Å²) in [5.74, 6) is -0.850. The van der Waals surface area contributed by atoms with Crippen molar-refractivity contribution < 1.29 is 22.9 Å². The van der Waals surface area contributed by atoms with E-state index in [0.29, 0.717) is 12.0 Å². The zero-order valence-corrected chi connectivity index (χ0v) is 16.7. The van der Waals surface area contributed by atoms with Gasteiger partial charge in [0.1, 0.15) is 0 Å². The van der Waals surface area contributed by atoms with Crippen LogP contribution in [0.2, 0.25) is 0 Å². The minimum absolute atomic E-state index is 0.0293. The van der Waals surface area contributed by atoms with Crippen molar-refractivity contribution in [3.05, 3.63) is 28.8 Å². The predicted molar refractivity (Wildman–Crippen MR) is 99.1 cm³/mol. The molecule has 5 nitrogen and oxygen atoms in total. The molecule has 2 N–H and O–H groups in total. The first-order chi connectivity index (χ1) is 11.9. The highest BCUT2D eigenvalue weighted by Crippen LogP contribution is 2.57. The van der Waals surface area contributed by atoms with Gasteiger partial charge in [-0.2, -0.15) is 8.42 Å². The minimum atomic E-state index is -4.34. The van der Waals surface area contributed by atoms with Gasteiger partial charge in [0.15, 0.2) is 0 Å². The lowest BCUT2D eigenvalue weighted by Gasteiger charge is -2.53. The number of fused-ring (bicyclic) bond motifs is 3. The van der Waals surface area contributed by atoms with Crippen molar-refractivity contribution in [2.24, 2.45) is 11.3 Å². The second kappa shape index (κ2) is 6.06. The molecule has 144 valence electrons. The van der Waals surface area contributed by atoms with Crippen LogP contribution in [0.25, 0.3) is 0 Å². The van der Waals surface area contributed by atoms with E-state index in [1.165, 1.54) is 0 Å². The maximum Gasteiger partial charge on any atom is 0.309 e. The molecule has 6 heteroatoms. The maximum atomic E-state index is 12.0. The molecule has 0 unspecified atom stereocenters. The zero-order chi connectivity index (χ0) is 19.5. The molecule has 0 saturated heterocycles. The molecule has 3 atom stereocenters. The quantitative estimate of drug-likeness (QED) is 0.769. The highest BCUT2D eigenvalue weighted by atomic mass is 32.2. The van der Waals surface area contributed by atoms with Crippen LogP contribution in [0.15, 0.2) is 17.0 Å². The molecular formula is C20H28O5S. The summed E-state index contributed by atoms with van der Waals surface area (Å²) in [6.45, 7) is 7.71. The largest absolute Gasteiger partial charge is 0.481 e. The number of rotatable bonds is 3. The molecule has 0 aliphatic heterocycles. The van der Waals surface area contributed by atoms with E-state index < -0.39 is 26.9 Å². The van der Waals surface area contributed by atoms with E-state index in [9.17, 15) is 22.9 Å². The molecule has 0 aromatic heterocycles. The third kappa shape index (κ3) is 2.78. The molecule has 0 radical (unpaired) electrons. The second-order valence-corrected chi connectivity index (χ2v) is 10.2. The topological polar surface area (TPSA) is 91.7 Å². The number of carbonyl (C=O) groups is 1. The lowest BCUT2D eigenvalue weighted by Crippen LogP contribution is -2.52. The van der Waals surface area contributed by atoms with Crippen LogP contribution in [0.4, 0.5) is 0 Å². The molecule has 26 heavy (non-hydrogen) atoms. The Morgan fingerprint density at radius 1 is 1.23 bits per heavy atom.